The van der Waals surface area contributed by atoms with Crippen molar-refractivity contribution in [2.45, 2.75) is 18.9 Å². The molecule has 2 rings (SSSR count). The molecule has 20 heavy (non-hydrogen) atoms. The molecule has 2 aromatic carbocycles. The highest BCUT2D eigenvalue weighted by atomic mass is 35.5. The topological polar surface area (TPSA) is 12.0 Å². The lowest BCUT2D eigenvalue weighted by Crippen LogP contribution is -2.30. The Morgan fingerprint density at radius 3 is 2.30 bits per heavy atom. The van der Waals surface area contributed by atoms with E-state index in [0.717, 1.165) is 5.56 Å². The summed E-state index contributed by atoms with van der Waals surface area (Å²) in [6.07, 6.45) is 0.951. The van der Waals surface area contributed by atoms with E-state index in [9.17, 15) is 8.78 Å². The fraction of sp³-hybridized carbons (Fsp3) is 0.250. The molecule has 0 amide bonds. The zero-order valence-corrected chi connectivity index (χ0v) is 11.9. The molecule has 0 saturated carbocycles. The number of benzene rings is 2. The van der Waals surface area contributed by atoms with Crippen LogP contribution in [0.2, 0.25) is 5.02 Å². The van der Waals surface area contributed by atoms with Crippen LogP contribution in [0.3, 0.4) is 0 Å². The van der Waals surface area contributed by atoms with Gasteiger partial charge < -0.3 is 5.32 Å². The van der Waals surface area contributed by atoms with Crippen LogP contribution in [0.1, 0.15) is 11.1 Å². The van der Waals surface area contributed by atoms with Gasteiger partial charge in [-0.1, -0.05) is 29.8 Å². The molecule has 0 aliphatic heterocycles. The molecule has 0 bridgehead atoms. The van der Waals surface area contributed by atoms with Gasteiger partial charge in [-0.15, -0.1) is 0 Å². The van der Waals surface area contributed by atoms with Crippen molar-refractivity contribution >= 4 is 11.6 Å². The average Bonchev–Trinajstić information content (AvgIpc) is 2.42. The van der Waals surface area contributed by atoms with Gasteiger partial charge in [0.2, 0.25) is 0 Å². The highest BCUT2D eigenvalue weighted by molar-refractivity contribution is 6.30. The minimum absolute atomic E-state index is 0.0557. The Labute approximate surface area is 122 Å². The van der Waals surface area contributed by atoms with Gasteiger partial charge in [0.05, 0.1) is 0 Å². The fourth-order valence-electron chi connectivity index (χ4n) is 2.20. The summed E-state index contributed by atoms with van der Waals surface area (Å²) in [6.45, 7) is 0. The number of likely N-dealkylation sites (N-methyl/N-ethyl adjacent to an activating group) is 1. The number of halogens is 3. The molecule has 1 N–H and O–H groups in total. The second-order valence-corrected chi connectivity index (χ2v) is 5.16. The Balaban J connectivity index is 2.13. The van der Waals surface area contributed by atoms with Crippen molar-refractivity contribution in [1.29, 1.82) is 0 Å². The van der Waals surface area contributed by atoms with Crippen LogP contribution in [0.25, 0.3) is 0 Å². The predicted molar refractivity (Wildman–Crippen MR) is 78.1 cm³/mol. The third-order valence-electron chi connectivity index (χ3n) is 3.29. The minimum Gasteiger partial charge on any atom is -0.316 e. The monoisotopic (exact) mass is 295 g/mol. The number of hydrogen-bond acceptors (Lipinski definition) is 1. The first-order chi connectivity index (χ1) is 9.60. The molecule has 0 saturated heterocycles. The Bertz CT molecular complexity index is 566. The van der Waals surface area contributed by atoms with E-state index in [1.54, 1.807) is 13.1 Å². The van der Waals surface area contributed by atoms with Crippen LogP contribution in [0.5, 0.6) is 0 Å². The van der Waals surface area contributed by atoms with Crippen molar-refractivity contribution in [2.24, 2.45) is 0 Å². The number of rotatable bonds is 5. The summed E-state index contributed by atoms with van der Waals surface area (Å²) >= 11 is 5.94. The van der Waals surface area contributed by atoms with E-state index in [1.165, 1.54) is 18.2 Å². The first kappa shape index (κ1) is 14.9. The van der Waals surface area contributed by atoms with Gasteiger partial charge in [0.15, 0.2) is 0 Å². The maximum atomic E-state index is 13.7. The van der Waals surface area contributed by atoms with Crippen LogP contribution < -0.4 is 5.32 Å². The van der Waals surface area contributed by atoms with Crippen LogP contribution in [0.4, 0.5) is 8.78 Å². The van der Waals surface area contributed by atoms with Gasteiger partial charge in [0.1, 0.15) is 11.6 Å². The lowest BCUT2D eigenvalue weighted by atomic mass is 9.98. The molecule has 0 spiro atoms. The maximum absolute atomic E-state index is 13.7. The standard InChI is InChI=1S/C16H16ClF2N/c1-20-13(9-11-4-2-5-12(17)8-11)10-14-15(18)6-3-7-16(14)19/h2-8,13,20H,9-10H2,1H3. The van der Waals surface area contributed by atoms with Crippen LogP contribution in [-0.4, -0.2) is 13.1 Å². The minimum atomic E-state index is -0.503. The molecule has 1 nitrogen and oxygen atoms in total. The van der Waals surface area contributed by atoms with Crippen molar-refractivity contribution < 1.29 is 8.78 Å². The lowest BCUT2D eigenvalue weighted by molar-refractivity contribution is 0.502. The number of nitrogens with one attached hydrogen (secondary N) is 1. The normalized spacial score (nSPS) is 12.4. The number of hydrogen-bond donors (Lipinski definition) is 1. The summed E-state index contributed by atoms with van der Waals surface area (Å²) in [7, 11) is 1.79. The molecule has 0 fully saturated rings. The van der Waals surface area contributed by atoms with Crippen LogP contribution in [0, 0.1) is 11.6 Å². The molecule has 1 atom stereocenters. The third-order valence-corrected chi connectivity index (χ3v) is 3.53. The summed E-state index contributed by atoms with van der Waals surface area (Å²) in [5.41, 5.74) is 1.16. The van der Waals surface area contributed by atoms with Gasteiger partial charge in [0.25, 0.3) is 0 Å². The lowest BCUT2D eigenvalue weighted by Gasteiger charge is -2.17. The van der Waals surface area contributed by atoms with Gasteiger partial charge in [0, 0.05) is 16.6 Å². The van der Waals surface area contributed by atoms with Crippen LogP contribution >= 0.6 is 11.6 Å². The van der Waals surface area contributed by atoms with E-state index < -0.39 is 11.6 Å². The Morgan fingerprint density at radius 1 is 1.05 bits per heavy atom. The summed E-state index contributed by atoms with van der Waals surface area (Å²) < 4.78 is 27.3. The highest BCUT2D eigenvalue weighted by Gasteiger charge is 2.15. The van der Waals surface area contributed by atoms with Crippen LogP contribution in [0.15, 0.2) is 42.5 Å². The molecular formula is C16H16ClF2N. The summed E-state index contributed by atoms with van der Waals surface area (Å²) in [6, 6.07) is 11.4. The molecule has 0 heterocycles. The molecule has 1 unspecified atom stereocenters. The first-order valence-electron chi connectivity index (χ1n) is 6.44. The fourth-order valence-corrected chi connectivity index (χ4v) is 2.41. The second kappa shape index (κ2) is 6.82. The van der Waals surface area contributed by atoms with Crippen LogP contribution in [-0.2, 0) is 12.8 Å². The zero-order valence-electron chi connectivity index (χ0n) is 11.2. The highest BCUT2D eigenvalue weighted by Crippen LogP contribution is 2.17. The second-order valence-electron chi connectivity index (χ2n) is 4.72. The van der Waals surface area contributed by atoms with E-state index in [4.69, 9.17) is 11.6 Å². The molecule has 0 aliphatic rings. The molecule has 2 aromatic rings. The Hall–Kier alpha value is -1.45. The van der Waals surface area contributed by atoms with E-state index in [0.29, 0.717) is 17.9 Å². The van der Waals surface area contributed by atoms with Crippen molar-refractivity contribution in [3.63, 3.8) is 0 Å². The van der Waals surface area contributed by atoms with Gasteiger partial charge >= 0.3 is 0 Å². The summed E-state index contributed by atoms with van der Waals surface area (Å²) in [5.74, 6) is -1.01. The van der Waals surface area contributed by atoms with Gasteiger partial charge in [-0.05, 0) is 49.7 Å². The predicted octanol–water partition coefficient (Wildman–Crippen LogP) is 3.99. The van der Waals surface area contributed by atoms with Crippen molar-refractivity contribution in [3.8, 4) is 0 Å². The average molecular weight is 296 g/mol. The van der Waals surface area contributed by atoms with E-state index in [2.05, 4.69) is 5.32 Å². The Kier molecular flexibility index (Phi) is 5.10. The molecule has 4 heteroatoms. The van der Waals surface area contributed by atoms with Gasteiger partial charge in [-0.2, -0.15) is 0 Å². The quantitative estimate of drug-likeness (QED) is 0.879. The summed E-state index contributed by atoms with van der Waals surface area (Å²) in [4.78, 5) is 0. The van der Waals surface area contributed by atoms with Crippen molar-refractivity contribution in [1.82, 2.24) is 5.32 Å². The van der Waals surface area contributed by atoms with Crippen molar-refractivity contribution in [3.05, 3.63) is 70.2 Å². The van der Waals surface area contributed by atoms with Gasteiger partial charge in [-0.3, -0.25) is 0 Å². The van der Waals surface area contributed by atoms with Gasteiger partial charge in [-0.25, -0.2) is 8.78 Å². The van der Waals surface area contributed by atoms with E-state index in [1.807, 2.05) is 18.2 Å². The molecule has 0 aliphatic carbocycles. The molecule has 0 radical (unpaired) electrons. The SMILES string of the molecule is CNC(Cc1cccc(Cl)c1)Cc1c(F)cccc1F. The molecule has 106 valence electrons. The smallest absolute Gasteiger partial charge is 0.129 e. The van der Waals surface area contributed by atoms with E-state index >= 15 is 0 Å². The Morgan fingerprint density at radius 2 is 1.70 bits per heavy atom. The van der Waals surface area contributed by atoms with E-state index in [-0.39, 0.29) is 11.6 Å². The first-order valence-corrected chi connectivity index (χ1v) is 6.82. The maximum Gasteiger partial charge on any atom is 0.129 e. The largest absolute Gasteiger partial charge is 0.316 e. The zero-order chi connectivity index (χ0) is 14.5. The molecule has 0 aromatic heterocycles. The third kappa shape index (κ3) is 3.78. The molecular weight excluding hydrogens is 280 g/mol. The summed E-state index contributed by atoms with van der Waals surface area (Å²) in [5, 5.41) is 3.76. The van der Waals surface area contributed by atoms with Crippen molar-refractivity contribution in [2.75, 3.05) is 7.05 Å².